The summed E-state index contributed by atoms with van der Waals surface area (Å²) in [5.74, 6) is 0.0320. The summed E-state index contributed by atoms with van der Waals surface area (Å²) in [6, 6.07) is 0. The Hall–Kier alpha value is -0.710. The fourth-order valence-corrected chi connectivity index (χ4v) is 2.50. The number of thioether (sulfide) groups is 1. The molecule has 1 rings (SSSR count). The van der Waals surface area contributed by atoms with Crippen LogP contribution in [0.5, 0.6) is 0 Å². The predicted octanol–water partition coefficient (Wildman–Crippen LogP) is 1.26. The van der Waals surface area contributed by atoms with Gasteiger partial charge in [-0.25, -0.2) is 0 Å². The normalized spacial score (nSPS) is 21.3. The molecule has 0 bridgehead atoms. The summed E-state index contributed by atoms with van der Waals surface area (Å²) in [6.45, 7) is 6.82. The van der Waals surface area contributed by atoms with Gasteiger partial charge in [-0.05, 0) is 19.1 Å². The lowest BCUT2D eigenvalue weighted by atomic mass is 9.89. The van der Waals surface area contributed by atoms with Crippen LogP contribution in [0, 0.1) is 0 Å². The zero-order valence-corrected chi connectivity index (χ0v) is 11.9. The van der Waals surface area contributed by atoms with Crippen molar-refractivity contribution in [2.75, 3.05) is 19.3 Å². The third-order valence-corrected chi connectivity index (χ3v) is 4.45. The fraction of sp³-hybridized carbons (Fsp3) is 0.833. The van der Waals surface area contributed by atoms with Crippen molar-refractivity contribution in [3.05, 3.63) is 0 Å². The molecule has 5 heteroatoms. The molecule has 0 aliphatic carbocycles. The van der Waals surface area contributed by atoms with Crippen LogP contribution in [-0.4, -0.2) is 46.8 Å². The number of carbonyl (C=O) groups excluding carboxylic acids is 2. The van der Waals surface area contributed by atoms with Crippen LogP contribution in [0.15, 0.2) is 0 Å². The van der Waals surface area contributed by atoms with Crippen LogP contribution in [0.2, 0.25) is 0 Å². The van der Waals surface area contributed by atoms with Gasteiger partial charge in [0.05, 0.1) is 6.54 Å². The quantitative estimate of drug-likeness (QED) is 0.807. The Morgan fingerprint density at radius 3 is 2.47 bits per heavy atom. The largest absolute Gasteiger partial charge is 0.340 e. The number of carbonyl (C=O) groups is 2. The molecule has 1 saturated heterocycles. The number of piperazine rings is 1. The summed E-state index contributed by atoms with van der Waals surface area (Å²) in [7, 11) is 0. The molecule has 17 heavy (non-hydrogen) atoms. The zero-order valence-electron chi connectivity index (χ0n) is 11.1. The molecule has 1 aliphatic heterocycles. The summed E-state index contributed by atoms with van der Waals surface area (Å²) in [4.78, 5) is 25.8. The number of nitrogens with one attached hydrogen (secondary N) is 1. The SMILES string of the molecule is CCC1(CC)NC(=O)CN(CC(C)SC)C1=O. The first-order valence-corrected chi connectivity index (χ1v) is 7.41. The highest BCUT2D eigenvalue weighted by Crippen LogP contribution is 2.23. The van der Waals surface area contributed by atoms with Crippen molar-refractivity contribution < 1.29 is 9.59 Å². The van der Waals surface area contributed by atoms with Crippen molar-refractivity contribution in [1.29, 1.82) is 0 Å². The Kier molecular flexibility index (Phi) is 4.86. The number of rotatable bonds is 5. The lowest BCUT2D eigenvalue weighted by Crippen LogP contribution is -2.66. The first kappa shape index (κ1) is 14.4. The van der Waals surface area contributed by atoms with Crippen LogP contribution in [0.3, 0.4) is 0 Å². The third kappa shape index (κ3) is 2.94. The minimum Gasteiger partial charge on any atom is -0.340 e. The zero-order chi connectivity index (χ0) is 13.1. The number of nitrogens with zero attached hydrogens (tertiary/aromatic N) is 1. The third-order valence-electron chi connectivity index (χ3n) is 3.50. The van der Waals surface area contributed by atoms with Gasteiger partial charge in [-0.1, -0.05) is 20.8 Å². The molecule has 0 radical (unpaired) electrons. The van der Waals surface area contributed by atoms with Crippen molar-refractivity contribution >= 4 is 23.6 Å². The maximum atomic E-state index is 12.4. The Morgan fingerprint density at radius 2 is 2.00 bits per heavy atom. The number of hydrogen-bond acceptors (Lipinski definition) is 3. The molecule has 4 nitrogen and oxygen atoms in total. The van der Waals surface area contributed by atoms with Gasteiger partial charge in [-0.15, -0.1) is 0 Å². The molecule has 0 aromatic rings. The Bertz CT molecular complexity index is 303. The van der Waals surface area contributed by atoms with Gasteiger partial charge in [0.2, 0.25) is 11.8 Å². The molecule has 0 aromatic heterocycles. The van der Waals surface area contributed by atoms with E-state index in [2.05, 4.69) is 12.2 Å². The second-order valence-electron chi connectivity index (χ2n) is 4.57. The molecule has 1 atom stereocenters. The van der Waals surface area contributed by atoms with E-state index >= 15 is 0 Å². The van der Waals surface area contributed by atoms with E-state index in [0.29, 0.717) is 24.6 Å². The van der Waals surface area contributed by atoms with E-state index in [9.17, 15) is 9.59 Å². The Morgan fingerprint density at radius 1 is 1.41 bits per heavy atom. The van der Waals surface area contributed by atoms with Gasteiger partial charge in [-0.3, -0.25) is 9.59 Å². The molecule has 0 spiro atoms. The Labute approximate surface area is 108 Å². The van der Waals surface area contributed by atoms with Gasteiger partial charge < -0.3 is 10.2 Å². The van der Waals surface area contributed by atoms with E-state index < -0.39 is 5.54 Å². The van der Waals surface area contributed by atoms with Crippen molar-refractivity contribution in [1.82, 2.24) is 10.2 Å². The van der Waals surface area contributed by atoms with Crippen LogP contribution >= 0.6 is 11.8 Å². The van der Waals surface area contributed by atoms with E-state index in [-0.39, 0.29) is 18.4 Å². The first-order chi connectivity index (χ1) is 7.99. The summed E-state index contributed by atoms with van der Waals surface area (Å²) < 4.78 is 0. The molecular weight excluding hydrogens is 236 g/mol. The van der Waals surface area contributed by atoms with Gasteiger partial charge in [0.15, 0.2) is 0 Å². The highest BCUT2D eigenvalue weighted by molar-refractivity contribution is 7.99. The minimum absolute atomic E-state index is 0.0402. The van der Waals surface area contributed by atoms with E-state index in [4.69, 9.17) is 0 Å². The monoisotopic (exact) mass is 258 g/mol. The summed E-state index contributed by atoms with van der Waals surface area (Å²) in [5.41, 5.74) is -0.673. The van der Waals surface area contributed by atoms with Crippen LogP contribution in [0.25, 0.3) is 0 Å². The molecule has 0 saturated carbocycles. The van der Waals surface area contributed by atoms with Gasteiger partial charge in [0.1, 0.15) is 5.54 Å². The second-order valence-corrected chi connectivity index (χ2v) is 5.85. The molecule has 1 fully saturated rings. The summed E-state index contributed by atoms with van der Waals surface area (Å²) in [5, 5.41) is 3.22. The maximum Gasteiger partial charge on any atom is 0.248 e. The van der Waals surface area contributed by atoms with E-state index in [1.165, 1.54) is 0 Å². The standard InChI is InChI=1S/C12H22N2O2S/c1-5-12(6-2)11(16)14(7-9(3)17-4)8-10(15)13-12/h9H,5-8H2,1-4H3,(H,13,15). The van der Waals surface area contributed by atoms with E-state index in [1.54, 1.807) is 16.7 Å². The molecule has 1 unspecified atom stereocenters. The van der Waals surface area contributed by atoms with E-state index in [1.807, 2.05) is 20.1 Å². The van der Waals surface area contributed by atoms with Crippen molar-refractivity contribution in [3.63, 3.8) is 0 Å². The van der Waals surface area contributed by atoms with Gasteiger partial charge in [-0.2, -0.15) is 11.8 Å². The molecule has 1 heterocycles. The van der Waals surface area contributed by atoms with Crippen molar-refractivity contribution in [2.45, 2.75) is 44.4 Å². The average Bonchev–Trinajstić information content (AvgIpc) is 2.33. The molecule has 2 amide bonds. The van der Waals surface area contributed by atoms with Crippen LogP contribution in [0.1, 0.15) is 33.6 Å². The van der Waals surface area contributed by atoms with Crippen molar-refractivity contribution in [2.24, 2.45) is 0 Å². The molecule has 1 N–H and O–H groups in total. The second kappa shape index (κ2) is 5.76. The van der Waals surface area contributed by atoms with Gasteiger partial charge >= 0.3 is 0 Å². The van der Waals surface area contributed by atoms with E-state index in [0.717, 1.165) is 0 Å². The summed E-state index contributed by atoms with van der Waals surface area (Å²) in [6.07, 6.45) is 3.32. The highest BCUT2D eigenvalue weighted by atomic mass is 32.2. The van der Waals surface area contributed by atoms with Gasteiger partial charge in [0, 0.05) is 11.8 Å². The summed E-state index contributed by atoms with van der Waals surface area (Å²) >= 11 is 1.71. The lowest BCUT2D eigenvalue weighted by molar-refractivity contribution is -0.150. The average molecular weight is 258 g/mol. The Balaban J connectivity index is 2.85. The first-order valence-electron chi connectivity index (χ1n) is 6.12. The van der Waals surface area contributed by atoms with Crippen LogP contribution in [-0.2, 0) is 9.59 Å². The number of amides is 2. The molecule has 1 aliphatic rings. The van der Waals surface area contributed by atoms with Crippen LogP contribution in [0.4, 0.5) is 0 Å². The molecular formula is C12H22N2O2S. The van der Waals surface area contributed by atoms with Crippen LogP contribution < -0.4 is 5.32 Å². The predicted molar refractivity (Wildman–Crippen MR) is 71.0 cm³/mol. The van der Waals surface area contributed by atoms with Crippen molar-refractivity contribution in [3.8, 4) is 0 Å². The smallest absolute Gasteiger partial charge is 0.248 e. The topological polar surface area (TPSA) is 49.4 Å². The highest BCUT2D eigenvalue weighted by Gasteiger charge is 2.43. The molecule has 0 aromatic carbocycles. The lowest BCUT2D eigenvalue weighted by Gasteiger charge is -2.41. The maximum absolute atomic E-state index is 12.4. The number of hydrogen-bond donors (Lipinski definition) is 1. The van der Waals surface area contributed by atoms with Gasteiger partial charge in [0.25, 0.3) is 0 Å². The fourth-order valence-electron chi connectivity index (χ4n) is 2.17. The minimum atomic E-state index is -0.673. The molecule has 98 valence electrons.